The minimum atomic E-state index is -0.530. The second-order valence-electron chi connectivity index (χ2n) is 4.15. The highest BCUT2D eigenvalue weighted by atomic mass is 35.5. The van der Waals surface area contributed by atoms with Gasteiger partial charge in [-0.3, -0.25) is 4.79 Å². The zero-order chi connectivity index (χ0) is 12.4. The maximum Gasteiger partial charge on any atom is 0.261 e. The van der Waals surface area contributed by atoms with Gasteiger partial charge in [-0.05, 0) is 30.7 Å². The fourth-order valence-electron chi connectivity index (χ4n) is 1.74. The first kappa shape index (κ1) is 12.2. The molecule has 5 heteroatoms. The molecule has 2 N–H and O–H groups in total. The van der Waals surface area contributed by atoms with Crippen LogP contribution >= 0.6 is 11.6 Å². The van der Waals surface area contributed by atoms with Gasteiger partial charge in [0.25, 0.3) is 5.91 Å². The summed E-state index contributed by atoms with van der Waals surface area (Å²) < 4.78 is 5.52. The summed E-state index contributed by atoms with van der Waals surface area (Å²) in [5.41, 5.74) is 0.939. The second kappa shape index (κ2) is 4.94. The summed E-state index contributed by atoms with van der Waals surface area (Å²) in [6.45, 7) is 1.65. The van der Waals surface area contributed by atoms with E-state index in [0.29, 0.717) is 17.2 Å². The van der Waals surface area contributed by atoms with Gasteiger partial charge in [-0.1, -0.05) is 11.6 Å². The molecule has 4 nitrogen and oxygen atoms in total. The van der Waals surface area contributed by atoms with Crippen LogP contribution in [0.1, 0.15) is 12.5 Å². The number of halogens is 1. The number of aliphatic hydroxyl groups is 1. The molecule has 0 aliphatic carbocycles. The number of amides is 1. The number of hydrogen-bond donors (Lipinski definition) is 2. The summed E-state index contributed by atoms with van der Waals surface area (Å²) in [5, 5.41) is 12.2. The largest absolute Gasteiger partial charge is 0.480 e. The van der Waals surface area contributed by atoms with Gasteiger partial charge in [0.15, 0.2) is 6.10 Å². The van der Waals surface area contributed by atoms with Crippen LogP contribution in [0.15, 0.2) is 18.2 Å². The van der Waals surface area contributed by atoms with E-state index in [1.54, 1.807) is 25.1 Å². The van der Waals surface area contributed by atoms with Crippen molar-refractivity contribution < 1.29 is 14.6 Å². The number of rotatable bonds is 3. The number of carbonyl (C=O) groups excluding carboxylic acids is 1. The van der Waals surface area contributed by atoms with Crippen molar-refractivity contribution in [2.45, 2.75) is 25.5 Å². The lowest BCUT2D eigenvalue weighted by Crippen LogP contribution is -2.43. The van der Waals surface area contributed by atoms with E-state index in [-0.39, 0.29) is 18.6 Å². The minimum absolute atomic E-state index is 0.0861. The van der Waals surface area contributed by atoms with Crippen LogP contribution in [0.2, 0.25) is 5.02 Å². The SMILES string of the molecule is CC(CO)NC(=O)C1Cc2cc(Cl)ccc2O1. The van der Waals surface area contributed by atoms with E-state index in [9.17, 15) is 4.79 Å². The van der Waals surface area contributed by atoms with E-state index in [2.05, 4.69) is 5.32 Å². The molecule has 2 rings (SSSR count). The fourth-order valence-corrected chi connectivity index (χ4v) is 1.94. The molecule has 0 aromatic heterocycles. The highest BCUT2D eigenvalue weighted by Gasteiger charge is 2.29. The quantitative estimate of drug-likeness (QED) is 0.852. The monoisotopic (exact) mass is 255 g/mol. The van der Waals surface area contributed by atoms with Gasteiger partial charge in [0, 0.05) is 17.5 Å². The molecule has 0 bridgehead atoms. The Bertz CT molecular complexity index is 436. The molecule has 1 aliphatic rings. The van der Waals surface area contributed by atoms with E-state index in [1.807, 2.05) is 0 Å². The molecule has 92 valence electrons. The van der Waals surface area contributed by atoms with Crippen molar-refractivity contribution in [3.63, 3.8) is 0 Å². The van der Waals surface area contributed by atoms with Crippen molar-refractivity contribution >= 4 is 17.5 Å². The third-order valence-electron chi connectivity index (χ3n) is 2.65. The van der Waals surface area contributed by atoms with Crippen LogP contribution < -0.4 is 10.1 Å². The summed E-state index contributed by atoms with van der Waals surface area (Å²) in [6.07, 6.45) is -0.0164. The van der Waals surface area contributed by atoms with E-state index in [4.69, 9.17) is 21.4 Å². The zero-order valence-corrected chi connectivity index (χ0v) is 10.2. The van der Waals surface area contributed by atoms with Gasteiger partial charge in [-0.2, -0.15) is 0 Å². The molecule has 2 atom stereocenters. The Hall–Kier alpha value is -1.26. The first-order valence-corrected chi connectivity index (χ1v) is 5.84. The number of hydrogen-bond acceptors (Lipinski definition) is 3. The number of fused-ring (bicyclic) bond motifs is 1. The summed E-state index contributed by atoms with van der Waals surface area (Å²) in [7, 11) is 0. The van der Waals surface area contributed by atoms with Crippen LogP contribution in [-0.4, -0.2) is 29.8 Å². The third kappa shape index (κ3) is 2.70. The Morgan fingerprint density at radius 3 is 3.18 bits per heavy atom. The topological polar surface area (TPSA) is 58.6 Å². The van der Waals surface area contributed by atoms with Crippen molar-refractivity contribution in [2.24, 2.45) is 0 Å². The van der Waals surface area contributed by atoms with Crippen molar-refractivity contribution in [2.75, 3.05) is 6.61 Å². The van der Waals surface area contributed by atoms with Crippen molar-refractivity contribution in [1.29, 1.82) is 0 Å². The van der Waals surface area contributed by atoms with Crippen molar-refractivity contribution in [3.05, 3.63) is 28.8 Å². The van der Waals surface area contributed by atoms with Gasteiger partial charge in [-0.15, -0.1) is 0 Å². The Labute approximate surface area is 105 Å². The molecule has 0 radical (unpaired) electrons. The average Bonchev–Trinajstić information content (AvgIpc) is 2.71. The standard InChI is InChI=1S/C12H14ClNO3/c1-7(6-15)14-12(16)11-5-8-4-9(13)2-3-10(8)17-11/h2-4,7,11,15H,5-6H2,1H3,(H,14,16). The smallest absolute Gasteiger partial charge is 0.261 e. The lowest BCUT2D eigenvalue weighted by molar-refractivity contribution is -0.128. The van der Waals surface area contributed by atoms with Crippen molar-refractivity contribution in [3.8, 4) is 5.75 Å². The van der Waals surface area contributed by atoms with Crippen LogP contribution in [0, 0.1) is 0 Å². The summed E-state index contributed by atoms with van der Waals surface area (Å²) in [5.74, 6) is 0.491. The van der Waals surface area contributed by atoms with E-state index in [0.717, 1.165) is 5.56 Å². The molecular weight excluding hydrogens is 242 g/mol. The Kier molecular flexibility index (Phi) is 3.54. The molecule has 1 aromatic rings. The van der Waals surface area contributed by atoms with Crippen molar-refractivity contribution in [1.82, 2.24) is 5.32 Å². The number of carbonyl (C=O) groups is 1. The Morgan fingerprint density at radius 2 is 2.47 bits per heavy atom. The number of ether oxygens (including phenoxy) is 1. The number of aliphatic hydroxyl groups excluding tert-OH is 1. The van der Waals surface area contributed by atoms with Gasteiger partial charge < -0.3 is 15.2 Å². The summed E-state index contributed by atoms with van der Waals surface area (Å²) in [4.78, 5) is 11.8. The summed E-state index contributed by atoms with van der Waals surface area (Å²) >= 11 is 5.87. The maximum atomic E-state index is 11.8. The second-order valence-corrected chi connectivity index (χ2v) is 4.59. The van der Waals surface area contributed by atoms with Gasteiger partial charge in [-0.25, -0.2) is 0 Å². The Balaban J connectivity index is 2.02. The molecule has 1 aromatic carbocycles. The highest BCUT2D eigenvalue weighted by Crippen LogP contribution is 2.31. The molecule has 0 spiro atoms. The van der Waals surface area contributed by atoms with Crippen LogP contribution in [-0.2, 0) is 11.2 Å². The predicted molar refractivity (Wildman–Crippen MR) is 64.3 cm³/mol. The van der Waals surface area contributed by atoms with Crippen LogP contribution in [0.3, 0.4) is 0 Å². The predicted octanol–water partition coefficient (Wildman–Crippen LogP) is 1.14. The third-order valence-corrected chi connectivity index (χ3v) is 2.89. The highest BCUT2D eigenvalue weighted by molar-refractivity contribution is 6.30. The van der Waals surface area contributed by atoms with E-state index in [1.165, 1.54) is 0 Å². The molecule has 2 unspecified atom stereocenters. The fraction of sp³-hybridized carbons (Fsp3) is 0.417. The lowest BCUT2D eigenvalue weighted by Gasteiger charge is -2.14. The zero-order valence-electron chi connectivity index (χ0n) is 9.44. The molecule has 17 heavy (non-hydrogen) atoms. The molecular formula is C12H14ClNO3. The normalized spacial score (nSPS) is 19.4. The molecule has 1 aliphatic heterocycles. The van der Waals surface area contributed by atoms with Gasteiger partial charge >= 0.3 is 0 Å². The molecule has 1 amide bonds. The Morgan fingerprint density at radius 1 is 1.71 bits per heavy atom. The van der Waals surface area contributed by atoms with Crippen LogP contribution in [0.4, 0.5) is 0 Å². The van der Waals surface area contributed by atoms with Gasteiger partial charge in [0.2, 0.25) is 0 Å². The van der Waals surface area contributed by atoms with Crippen LogP contribution in [0.25, 0.3) is 0 Å². The molecule has 0 fully saturated rings. The van der Waals surface area contributed by atoms with Gasteiger partial charge in [0.05, 0.1) is 6.61 Å². The summed E-state index contributed by atoms with van der Waals surface area (Å²) in [6, 6.07) is 5.04. The number of nitrogens with one attached hydrogen (secondary N) is 1. The molecule has 0 saturated heterocycles. The first-order valence-electron chi connectivity index (χ1n) is 5.46. The molecule has 1 heterocycles. The van der Waals surface area contributed by atoms with Crippen LogP contribution in [0.5, 0.6) is 5.75 Å². The maximum absolute atomic E-state index is 11.8. The first-order chi connectivity index (χ1) is 8.10. The minimum Gasteiger partial charge on any atom is -0.480 e. The molecule has 0 saturated carbocycles. The van der Waals surface area contributed by atoms with E-state index >= 15 is 0 Å². The average molecular weight is 256 g/mol. The lowest BCUT2D eigenvalue weighted by atomic mass is 10.1. The number of benzene rings is 1. The van der Waals surface area contributed by atoms with Gasteiger partial charge in [0.1, 0.15) is 5.75 Å². The van der Waals surface area contributed by atoms with E-state index < -0.39 is 6.10 Å².